The number of aromatic hydroxyl groups is 1. The molecule has 40 heavy (non-hydrogen) atoms. The molecule has 2 aromatic heterocycles. The number of ether oxygens (including phenoxy) is 2. The Morgan fingerprint density at radius 2 is 1.70 bits per heavy atom. The number of aromatic nitrogens is 1. The fourth-order valence-electron chi connectivity index (χ4n) is 4.56. The summed E-state index contributed by atoms with van der Waals surface area (Å²) in [7, 11) is 2.82. The van der Waals surface area contributed by atoms with E-state index in [0.29, 0.717) is 21.4 Å². The highest BCUT2D eigenvalue weighted by Crippen LogP contribution is 2.39. The standard InChI is InChI=1S/C30H20N4O6/c1-16(20-13-21-19-7-5-4-6-17(19)8-10-26(21)40-30(20)37)33-34-28(35)23(14-31)27(24(15-32)29(34)36)22-12-18(38-2)9-11-25(22)39-3/h4-13,35H,1-3H3/b33-16+. The topological polar surface area (TPSA) is 151 Å². The Bertz CT molecular complexity index is 2080. The Balaban J connectivity index is 1.77. The molecular weight excluding hydrogens is 512 g/mol. The van der Waals surface area contributed by atoms with Crippen LogP contribution in [-0.4, -0.2) is 29.7 Å². The summed E-state index contributed by atoms with van der Waals surface area (Å²) in [6.45, 7) is 1.45. The number of nitriles is 2. The zero-order valence-corrected chi connectivity index (χ0v) is 21.6. The number of benzene rings is 3. The number of fused-ring (bicyclic) bond motifs is 3. The quantitative estimate of drug-likeness (QED) is 0.197. The van der Waals surface area contributed by atoms with Gasteiger partial charge in [0, 0.05) is 16.5 Å². The molecule has 0 aliphatic rings. The molecule has 0 atom stereocenters. The van der Waals surface area contributed by atoms with Gasteiger partial charge in [-0.2, -0.15) is 20.3 Å². The number of methoxy groups -OCH3 is 2. The van der Waals surface area contributed by atoms with Crippen LogP contribution in [0.5, 0.6) is 17.4 Å². The Hall–Kier alpha value is -5.87. The molecule has 0 aliphatic heterocycles. The van der Waals surface area contributed by atoms with Crippen molar-refractivity contribution in [1.82, 2.24) is 4.68 Å². The lowest BCUT2D eigenvalue weighted by Gasteiger charge is -2.15. The Labute approximate surface area is 226 Å². The number of rotatable bonds is 5. The molecule has 10 nitrogen and oxygen atoms in total. The molecule has 2 heterocycles. The van der Waals surface area contributed by atoms with Crippen LogP contribution in [0.2, 0.25) is 0 Å². The molecule has 0 fully saturated rings. The average Bonchev–Trinajstić information content (AvgIpc) is 2.98. The summed E-state index contributed by atoms with van der Waals surface area (Å²) in [6, 6.07) is 21.0. The number of nitrogens with zero attached hydrogens (tertiary/aromatic N) is 4. The lowest BCUT2D eigenvalue weighted by atomic mass is 9.96. The second-order valence-corrected chi connectivity index (χ2v) is 8.69. The van der Waals surface area contributed by atoms with Gasteiger partial charge in [0.15, 0.2) is 0 Å². The molecule has 3 aromatic carbocycles. The highest BCUT2D eigenvalue weighted by Gasteiger charge is 2.26. The summed E-state index contributed by atoms with van der Waals surface area (Å²) in [5.74, 6) is -0.205. The SMILES string of the molecule is COc1ccc(OC)c(-c2c(C#N)c(O)n(/N=C(\C)c3cc4c(ccc5ccccc54)oc3=O)c(=O)c2C#N)c1. The zero-order valence-electron chi connectivity index (χ0n) is 21.6. The molecule has 0 bridgehead atoms. The summed E-state index contributed by atoms with van der Waals surface area (Å²) in [5.41, 5.74) is -2.10. The minimum absolute atomic E-state index is 0.0143. The Morgan fingerprint density at radius 1 is 0.950 bits per heavy atom. The van der Waals surface area contributed by atoms with Gasteiger partial charge in [0.05, 0.1) is 25.5 Å². The van der Waals surface area contributed by atoms with E-state index in [0.717, 1.165) is 10.8 Å². The van der Waals surface area contributed by atoms with Gasteiger partial charge in [-0.05, 0) is 48.0 Å². The maximum atomic E-state index is 13.5. The lowest BCUT2D eigenvalue weighted by molar-refractivity contribution is 0.404. The molecule has 196 valence electrons. The van der Waals surface area contributed by atoms with Crippen LogP contribution >= 0.6 is 0 Å². The maximum Gasteiger partial charge on any atom is 0.345 e. The molecule has 0 amide bonds. The van der Waals surface area contributed by atoms with Gasteiger partial charge in [-0.15, -0.1) is 0 Å². The zero-order chi connectivity index (χ0) is 28.6. The molecule has 0 aliphatic carbocycles. The van der Waals surface area contributed by atoms with E-state index in [1.54, 1.807) is 24.3 Å². The van der Waals surface area contributed by atoms with Crippen LogP contribution in [-0.2, 0) is 0 Å². The van der Waals surface area contributed by atoms with E-state index < -0.39 is 28.2 Å². The minimum Gasteiger partial charge on any atom is -0.497 e. The van der Waals surface area contributed by atoms with Crippen molar-refractivity contribution in [2.75, 3.05) is 14.2 Å². The van der Waals surface area contributed by atoms with E-state index >= 15 is 0 Å². The van der Waals surface area contributed by atoms with Crippen molar-refractivity contribution >= 4 is 27.5 Å². The van der Waals surface area contributed by atoms with Crippen LogP contribution in [0.25, 0.3) is 32.9 Å². The van der Waals surface area contributed by atoms with Crippen molar-refractivity contribution in [2.45, 2.75) is 6.92 Å². The molecule has 0 saturated carbocycles. The van der Waals surface area contributed by atoms with E-state index in [9.17, 15) is 25.2 Å². The van der Waals surface area contributed by atoms with Gasteiger partial charge in [-0.1, -0.05) is 30.3 Å². The molecule has 0 unspecified atom stereocenters. The maximum absolute atomic E-state index is 13.5. The van der Waals surface area contributed by atoms with Crippen molar-refractivity contribution in [1.29, 1.82) is 10.5 Å². The monoisotopic (exact) mass is 532 g/mol. The van der Waals surface area contributed by atoms with Crippen molar-refractivity contribution in [3.63, 3.8) is 0 Å². The van der Waals surface area contributed by atoms with Gasteiger partial charge in [0.1, 0.15) is 40.3 Å². The number of hydrogen-bond acceptors (Lipinski definition) is 9. The normalized spacial score (nSPS) is 11.3. The fraction of sp³-hybridized carbons (Fsp3) is 0.100. The molecule has 0 radical (unpaired) electrons. The summed E-state index contributed by atoms with van der Waals surface area (Å²) in [5, 5.41) is 37.6. The average molecular weight is 533 g/mol. The largest absolute Gasteiger partial charge is 0.497 e. The van der Waals surface area contributed by atoms with Gasteiger partial charge in [-0.3, -0.25) is 4.79 Å². The summed E-state index contributed by atoms with van der Waals surface area (Å²) >= 11 is 0. The first-order valence-electron chi connectivity index (χ1n) is 11.9. The lowest BCUT2D eigenvalue weighted by Crippen LogP contribution is -2.24. The van der Waals surface area contributed by atoms with Gasteiger partial charge in [0.25, 0.3) is 5.56 Å². The highest BCUT2D eigenvalue weighted by atomic mass is 16.5. The van der Waals surface area contributed by atoms with E-state index in [4.69, 9.17) is 13.9 Å². The minimum atomic E-state index is -1.01. The first-order valence-corrected chi connectivity index (χ1v) is 11.9. The van der Waals surface area contributed by atoms with E-state index in [1.165, 1.54) is 27.2 Å². The molecule has 5 rings (SSSR count). The molecule has 1 N–H and O–H groups in total. The first kappa shape index (κ1) is 25.8. The predicted octanol–water partition coefficient (Wildman–Crippen LogP) is 4.51. The third-order valence-electron chi connectivity index (χ3n) is 6.51. The van der Waals surface area contributed by atoms with E-state index in [-0.39, 0.29) is 28.2 Å². The molecule has 0 saturated heterocycles. The Morgan fingerprint density at radius 3 is 2.40 bits per heavy atom. The predicted molar refractivity (Wildman–Crippen MR) is 148 cm³/mol. The van der Waals surface area contributed by atoms with E-state index in [2.05, 4.69) is 5.10 Å². The third-order valence-corrected chi connectivity index (χ3v) is 6.51. The summed E-state index contributed by atoms with van der Waals surface area (Å²) < 4.78 is 16.7. The first-order chi connectivity index (χ1) is 19.3. The van der Waals surface area contributed by atoms with Gasteiger partial charge >= 0.3 is 5.63 Å². The molecule has 10 heteroatoms. The van der Waals surface area contributed by atoms with Crippen molar-refractivity contribution in [2.24, 2.45) is 5.10 Å². The van der Waals surface area contributed by atoms with Crippen molar-refractivity contribution in [3.05, 3.63) is 98.1 Å². The summed E-state index contributed by atoms with van der Waals surface area (Å²) in [6.07, 6.45) is 0. The van der Waals surface area contributed by atoms with Crippen LogP contribution in [0, 0.1) is 22.7 Å². The number of hydrogen-bond donors (Lipinski definition) is 1. The van der Waals surface area contributed by atoms with Crippen LogP contribution in [0.4, 0.5) is 0 Å². The molecular formula is C30H20N4O6. The van der Waals surface area contributed by atoms with Gasteiger partial charge in [0.2, 0.25) is 5.88 Å². The molecule has 5 aromatic rings. The summed E-state index contributed by atoms with van der Waals surface area (Å²) in [4.78, 5) is 26.3. The second-order valence-electron chi connectivity index (χ2n) is 8.69. The fourth-order valence-corrected chi connectivity index (χ4v) is 4.56. The Kier molecular flexibility index (Phi) is 6.52. The van der Waals surface area contributed by atoms with Crippen LogP contribution in [0.15, 0.2) is 79.8 Å². The van der Waals surface area contributed by atoms with E-state index in [1.807, 2.05) is 42.5 Å². The van der Waals surface area contributed by atoms with Gasteiger partial charge < -0.3 is 19.0 Å². The van der Waals surface area contributed by atoms with Crippen LogP contribution < -0.4 is 20.7 Å². The van der Waals surface area contributed by atoms with Crippen molar-refractivity contribution in [3.8, 4) is 40.6 Å². The van der Waals surface area contributed by atoms with Crippen molar-refractivity contribution < 1.29 is 19.0 Å². The van der Waals surface area contributed by atoms with Crippen LogP contribution in [0.3, 0.4) is 0 Å². The van der Waals surface area contributed by atoms with Gasteiger partial charge in [-0.25, -0.2) is 4.79 Å². The van der Waals surface area contributed by atoms with Crippen LogP contribution in [0.1, 0.15) is 23.6 Å². The smallest absolute Gasteiger partial charge is 0.345 e. The molecule has 0 spiro atoms. The second kappa shape index (κ2) is 10.1. The highest BCUT2D eigenvalue weighted by molar-refractivity contribution is 6.08. The number of pyridine rings is 1. The third kappa shape index (κ3) is 4.10.